The fraction of sp³-hybridized carbons (Fsp3) is 0.0400. The number of nitrogens with one attached hydrogen (secondary N) is 1. The molecule has 32 heavy (non-hydrogen) atoms. The van der Waals surface area contributed by atoms with Crippen LogP contribution < -0.4 is 5.32 Å². The standard InChI is InChI=1S/C25H17ClN2O4/c26-20-12-6-4-11-18(20)22-14-19(17-10-5-7-13-21(17)27-22)25(31)32-15-23(29)28-24(30)16-8-2-1-3-9-16/h1-14H,15H2,(H,28,29,30). The second-order valence-corrected chi connectivity index (χ2v) is 7.28. The van der Waals surface area contributed by atoms with E-state index in [1.807, 2.05) is 12.1 Å². The van der Waals surface area contributed by atoms with Gasteiger partial charge in [0.25, 0.3) is 11.8 Å². The number of ether oxygens (including phenoxy) is 1. The van der Waals surface area contributed by atoms with E-state index in [0.717, 1.165) is 0 Å². The van der Waals surface area contributed by atoms with E-state index in [9.17, 15) is 14.4 Å². The lowest BCUT2D eigenvalue weighted by Crippen LogP contribution is -2.34. The summed E-state index contributed by atoms with van der Waals surface area (Å²) in [5.41, 5.74) is 2.33. The molecule has 0 spiro atoms. The maximum Gasteiger partial charge on any atom is 0.339 e. The molecule has 1 N–H and O–H groups in total. The maximum absolute atomic E-state index is 12.8. The summed E-state index contributed by atoms with van der Waals surface area (Å²) in [7, 11) is 0. The number of carbonyl (C=O) groups is 3. The number of imide groups is 1. The second-order valence-electron chi connectivity index (χ2n) is 6.87. The minimum atomic E-state index is -0.725. The molecular weight excluding hydrogens is 428 g/mol. The van der Waals surface area contributed by atoms with E-state index in [-0.39, 0.29) is 5.56 Å². The molecule has 4 rings (SSSR count). The Hall–Kier alpha value is -4.03. The molecule has 0 saturated heterocycles. The number of benzene rings is 3. The van der Waals surface area contributed by atoms with Crippen molar-refractivity contribution in [2.24, 2.45) is 0 Å². The molecule has 0 atom stereocenters. The number of nitrogens with zero attached hydrogens (tertiary/aromatic N) is 1. The summed E-state index contributed by atoms with van der Waals surface area (Å²) in [5.74, 6) is -2.00. The molecule has 0 aliphatic rings. The molecule has 0 radical (unpaired) electrons. The van der Waals surface area contributed by atoms with E-state index in [1.54, 1.807) is 72.8 Å². The van der Waals surface area contributed by atoms with Crippen molar-refractivity contribution in [3.05, 3.63) is 101 Å². The van der Waals surface area contributed by atoms with Crippen molar-refractivity contribution < 1.29 is 19.1 Å². The summed E-state index contributed by atoms with van der Waals surface area (Å²) >= 11 is 6.30. The zero-order valence-electron chi connectivity index (χ0n) is 16.7. The van der Waals surface area contributed by atoms with Crippen LogP contribution >= 0.6 is 11.6 Å². The van der Waals surface area contributed by atoms with Crippen LogP contribution in [0.15, 0.2) is 84.9 Å². The van der Waals surface area contributed by atoms with Crippen molar-refractivity contribution in [2.75, 3.05) is 6.61 Å². The molecule has 6 nitrogen and oxygen atoms in total. The number of hydrogen-bond acceptors (Lipinski definition) is 5. The highest BCUT2D eigenvalue weighted by molar-refractivity contribution is 6.33. The first kappa shape index (κ1) is 21.2. The number of esters is 1. The van der Waals surface area contributed by atoms with Gasteiger partial charge in [-0.1, -0.05) is 66.2 Å². The largest absolute Gasteiger partial charge is 0.452 e. The molecule has 1 aromatic heterocycles. The lowest BCUT2D eigenvalue weighted by Gasteiger charge is -2.11. The summed E-state index contributed by atoms with van der Waals surface area (Å²) in [4.78, 5) is 41.6. The van der Waals surface area contributed by atoms with E-state index in [1.165, 1.54) is 0 Å². The van der Waals surface area contributed by atoms with Gasteiger partial charge in [-0.25, -0.2) is 9.78 Å². The van der Waals surface area contributed by atoms with E-state index in [4.69, 9.17) is 16.3 Å². The Morgan fingerprint density at radius 3 is 2.34 bits per heavy atom. The van der Waals surface area contributed by atoms with Gasteiger partial charge in [0.2, 0.25) is 0 Å². The predicted molar refractivity (Wildman–Crippen MR) is 121 cm³/mol. The summed E-state index contributed by atoms with van der Waals surface area (Å²) in [5, 5.41) is 3.27. The summed E-state index contributed by atoms with van der Waals surface area (Å²) in [6.07, 6.45) is 0. The number of rotatable bonds is 5. The molecular formula is C25H17ClN2O4. The number of aromatic nitrogens is 1. The SMILES string of the molecule is O=C(COC(=O)c1cc(-c2ccccc2Cl)nc2ccccc12)NC(=O)c1ccccc1. The number of halogens is 1. The number of amides is 2. The van der Waals surface area contributed by atoms with Crippen molar-refractivity contribution >= 4 is 40.3 Å². The van der Waals surface area contributed by atoms with Gasteiger partial charge in [-0.15, -0.1) is 0 Å². The van der Waals surface area contributed by atoms with Gasteiger partial charge in [0.15, 0.2) is 6.61 Å². The monoisotopic (exact) mass is 444 g/mol. The fourth-order valence-corrected chi connectivity index (χ4v) is 3.42. The molecule has 158 valence electrons. The van der Waals surface area contributed by atoms with Crippen LogP contribution in [0.5, 0.6) is 0 Å². The maximum atomic E-state index is 12.8. The highest BCUT2D eigenvalue weighted by Crippen LogP contribution is 2.30. The normalized spacial score (nSPS) is 10.5. The molecule has 0 fully saturated rings. The van der Waals surface area contributed by atoms with Crippen molar-refractivity contribution in [2.45, 2.75) is 0 Å². The van der Waals surface area contributed by atoms with E-state index in [0.29, 0.717) is 32.7 Å². The Morgan fingerprint density at radius 1 is 0.875 bits per heavy atom. The van der Waals surface area contributed by atoms with Crippen LogP contribution in [-0.4, -0.2) is 29.4 Å². The van der Waals surface area contributed by atoms with Crippen LogP contribution in [0.25, 0.3) is 22.2 Å². The summed E-state index contributed by atoms with van der Waals surface area (Å²) in [6, 6.07) is 24.1. The molecule has 7 heteroatoms. The van der Waals surface area contributed by atoms with Gasteiger partial charge in [0.05, 0.1) is 16.8 Å². The number of carbonyl (C=O) groups excluding carboxylic acids is 3. The van der Waals surface area contributed by atoms with Crippen molar-refractivity contribution in [1.82, 2.24) is 10.3 Å². The van der Waals surface area contributed by atoms with Gasteiger partial charge >= 0.3 is 5.97 Å². The summed E-state index contributed by atoms with van der Waals surface area (Å²) < 4.78 is 5.19. The lowest BCUT2D eigenvalue weighted by molar-refractivity contribution is -0.123. The van der Waals surface area contributed by atoms with Gasteiger partial charge in [-0.05, 0) is 30.3 Å². The third kappa shape index (κ3) is 4.66. The molecule has 4 aromatic rings. The van der Waals surface area contributed by atoms with E-state index >= 15 is 0 Å². The molecule has 2 amide bonds. The number of hydrogen-bond donors (Lipinski definition) is 1. The van der Waals surface area contributed by atoms with Crippen LogP contribution in [0.2, 0.25) is 5.02 Å². The highest BCUT2D eigenvalue weighted by Gasteiger charge is 2.18. The van der Waals surface area contributed by atoms with Gasteiger partial charge in [0.1, 0.15) is 0 Å². The zero-order chi connectivity index (χ0) is 22.5. The van der Waals surface area contributed by atoms with Crippen LogP contribution in [0.3, 0.4) is 0 Å². The van der Waals surface area contributed by atoms with Gasteiger partial charge in [-0.2, -0.15) is 0 Å². The molecule has 3 aromatic carbocycles. The zero-order valence-corrected chi connectivity index (χ0v) is 17.5. The second kappa shape index (κ2) is 9.41. The molecule has 0 aliphatic carbocycles. The average Bonchev–Trinajstić information content (AvgIpc) is 2.82. The minimum absolute atomic E-state index is 0.243. The Morgan fingerprint density at radius 2 is 1.56 bits per heavy atom. The van der Waals surface area contributed by atoms with E-state index in [2.05, 4.69) is 10.3 Å². The Kier molecular flexibility index (Phi) is 6.24. The molecule has 0 saturated carbocycles. The molecule has 0 bridgehead atoms. The van der Waals surface area contributed by atoms with Crippen molar-refractivity contribution in [3.63, 3.8) is 0 Å². The Labute approximate surface area is 188 Å². The first-order chi connectivity index (χ1) is 15.5. The third-order valence-corrected chi connectivity index (χ3v) is 5.04. The first-order valence-electron chi connectivity index (χ1n) is 9.74. The Bertz CT molecular complexity index is 1320. The van der Waals surface area contributed by atoms with Crippen LogP contribution in [0, 0.1) is 0 Å². The number of fused-ring (bicyclic) bond motifs is 1. The van der Waals surface area contributed by atoms with Crippen molar-refractivity contribution in [1.29, 1.82) is 0 Å². The van der Waals surface area contributed by atoms with Gasteiger partial charge in [-0.3, -0.25) is 14.9 Å². The minimum Gasteiger partial charge on any atom is -0.452 e. The topological polar surface area (TPSA) is 85.4 Å². The predicted octanol–water partition coefficient (Wildman–Crippen LogP) is 4.67. The summed E-state index contributed by atoms with van der Waals surface area (Å²) in [6.45, 7) is -0.602. The van der Waals surface area contributed by atoms with Crippen LogP contribution in [0.4, 0.5) is 0 Å². The lowest BCUT2D eigenvalue weighted by atomic mass is 10.0. The average molecular weight is 445 g/mol. The molecule has 0 aliphatic heterocycles. The van der Waals surface area contributed by atoms with Gasteiger partial charge in [0, 0.05) is 21.5 Å². The Balaban J connectivity index is 1.55. The van der Waals surface area contributed by atoms with E-state index < -0.39 is 24.4 Å². The number of pyridine rings is 1. The smallest absolute Gasteiger partial charge is 0.339 e. The quantitative estimate of drug-likeness (QED) is 0.452. The fourth-order valence-electron chi connectivity index (χ4n) is 3.18. The highest BCUT2D eigenvalue weighted by atomic mass is 35.5. The van der Waals surface area contributed by atoms with Crippen LogP contribution in [0.1, 0.15) is 20.7 Å². The molecule has 1 heterocycles. The van der Waals surface area contributed by atoms with Crippen LogP contribution in [-0.2, 0) is 9.53 Å². The van der Waals surface area contributed by atoms with Gasteiger partial charge < -0.3 is 4.74 Å². The molecule has 0 unspecified atom stereocenters. The third-order valence-electron chi connectivity index (χ3n) is 4.71. The number of para-hydroxylation sites is 1. The van der Waals surface area contributed by atoms with Crippen molar-refractivity contribution in [3.8, 4) is 11.3 Å². The first-order valence-corrected chi connectivity index (χ1v) is 10.1.